The summed E-state index contributed by atoms with van der Waals surface area (Å²) in [7, 11) is 1.76. The molecule has 1 aliphatic heterocycles. The van der Waals surface area contributed by atoms with Crippen molar-refractivity contribution in [2.75, 3.05) is 51.8 Å². The first kappa shape index (κ1) is 17.9. The van der Waals surface area contributed by atoms with Crippen molar-refractivity contribution >= 4 is 24.0 Å². The Labute approximate surface area is 132 Å². The van der Waals surface area contributed by atoms with Gasteiger partial charge >= 0.3 is 0 Å². The first-order valence-corrected chi connectivity index (χ1v) is 7.11. The first-order valence-electron chi connectivity index (χ1n) is 7.11. The van der Waals surface area contributed by atoms with Crippen LogP contribution in [-0.2, 0) is 16.0 Å². The van der Waals surface area contributed by atoms with Gasteiger partial charge in [0.1, 0.15) is 0 Å². The quantitative estimate of drug-likeness (QED) is 0.827. The molecule has 5 nitrogen and oxygen atoms in total. The summed E-state index contributed by atoms with van der Waals surface area (Å²) >= 11 is 0. The standard InChI is InChI=1S/C15H23N3O2.ClH/c1-16-12-15(19)17-14-4-2-13(3-5-14)6-7-18-8-10-20-11-9-18;/h2-5,16H,6-12H2,1H3,(H,17,19);1H. The van der Waals surface area contributed by atoms with Crippen molar-refractivity contribution in [1.29, 1.82) is 0 Å². The van der Waals surface area contributed by atoms with Crippen molar-refractivity contribution < 1.29 is 9.53 Å². The Morgan fingerprint density at radius 1 is 1.24 bits per heavy atom. The molecule has 1 heterocycles. The molecular weight excluding hydrogens is 290 g/mol. The number of morpholine rings is 1. The zero-order valence-corrected chi connectivity index (χ0v) is 13.2. The van der Waals surface area contributed by atoms with Crippen molar-refractivity contribution in [3.8, 4) is 0 Å². The molecule has 0 saturated carbocycles. The molecule has 118 valence electrons. The van der Waals surface area contributed by atoms with Gasteiger partial charge < -0.3 is 15.4 Å². The third-order valence-corrected chi connectivity index (χ3v) is 3.40. The Bertz CT molecular complexity index is 419. The monoisotopic (exact) mass is 313 g/mol. The Morgan fingerprint density at radius 2 is 1.90 bits per heavy atom. The van der Waals surface area contributed by atoms with Gasteiger partial charge in [-0.05, 0) is 31.2 Å². The highest BCUT2D eigenvalue weighted by Gasteiger charge is 2.09. The minimum absolute atomic E-state index is 0. The van der Waals surface area contributed by atoms with Crippen LogP contribution in [0, 0.1) is 0 Å². The third-order valence-electron chi connectivity index (χ3n) is 3.40. The van der Waals surface area contributed by atoms with Gasteiger partial charge in [0, 0.05) is 25.3 Å². The highest BCUT2D eigenvalue weighted by atomic mass is 35.5. The number of benzene rings is 1. The Balaban J connectivity index is 0.00000220. The van der Waals surface area contributed by atoms with Gasteiger partial charge in [0.15, 0.2) is 0 Å². The van der Waals surface area contributed by atoms with Crippen LogP contribution in [0.2, 0.25) is 0 Å². The van der Waals surface area contributed by atoms with Crippen LogP contribution >= 0.6 is 12.4 Å². The van der Waals surface area contributed by atoms with E-state index in [2.05, 4.69) is 27.7 Å². The number of amides is 1. The van der Waals surface area contributed by atoms with E-state index in [0.29, 0.717) is 6.54 Å². The molecule has 1 aromatic rings. The van der Waals surface area contributed by atoms with Gasteiger partial charge in [-0.25, -0.2) is 0 Å². The Kier molecular flexibility index (Phi) is 8.30. The Hall–Kier alpha value is -1.14. The number of nitrogens with one attached hydrogen (secondary N) is 2. The highest BCUT2D eigenvalue weighted by Crippen LogP contribution is 2.10. The first-order chi connectivity index (χ1) is 9.78. The zero-order valence-electron chi connectivity index (χ0n) is 12.4. The van der Waals surface area contributed by atoms with E-state index in [9.17, 15) is 4.79 Å². The second-order valence-corrected chi connectivity index (χ2v) is 4.98. The number of carbonyl (C=O) groups excluding carboxylic acids is 1. The summed E-state index contributed by atoms with van der Waals surface area (Å²) in [6.45, 7) is 5.14. The smallest absolute Gasteiger partial charge is 0.238 e. The highest BCUT2D eigenvalue weighted by molar-refractivity contribution is 5.92. The van der Waals surface area contributed by atoms with E-state index in [4.69, 9.17) is 4.74 Å². The summed E-state index contributed by atoms with van der Waals surface area (Å²) in [5.74, 6) is -0.0198. The maximum absolute atomic E-state index is 11.4. The molecule has 0 aromatic heterocycles. The minimum atomic E-state index is -0.0198. The molecule has 1 aromatic carbocycles. The number of hydrogen-bond donors (Lipinski definition) is 2. The molecule has 0 spiro atoms. The van der Waals surface area contributed by atoms with Crippen molar-refractivity contribution in [2.24, 2.45) is 0 Å². The number of anilines is 1. The van der Waals surface area contributed by atoms with E-state index < -0.39 is 0 Å². The van der Waals surface area contributed by atoms with E-state index in [1.807, 2.05) is 12.1 Å². The van der Waals surface area contributed by atoms with Gasteiger partial charge in [-0.2, -0.15) is 0 Å². The third kappa shape index (κ3) is 6.44. The van der Waals surface area contributed by atoms with E-state index in [1.165, 1.54) is 5.56 Å². The summed E-state index contributed by atoms with van der Waals surface area (Å²) in [5.41, 5.74) is 2.14. The minimum Gasteiger partial charge on any atom is -0.379 e. The number of ether oxygens (including phenoxy) is 1. The van der Waals surface area contributed by atoms with E-state index in [0.717, 1.165) is 45.0 Å². The largest absolute Gasteiger partial charge is 0.379 e. The lowest BCUT2D eigenvalue weighted by Gasteiger charge is -2.26. The van der Waals surface area contributed by atoms with Crippen LogP contribution in [0.25, 0.3) is 0 Å². The molecule has 0 radical (unpaired) electrons. The van der Waals surface area contributed by atoms with Crippen molar-refractivity contribution in [2.45, 2.75) is 6.42 Å². The van der Waals surface area contributed by atoms with Gasteiger partial charge in [0.25, 0.3) is 0 Å². The molecule has 0 bridgehead atoms. The molecule has 1 fully saturated rings. The average molecular weight is 314 g/mol. The molecule has 1 aliphatic rings. The zero-order chi connectivity index (χ0) is 14.2. The molecular formula is C15H24ClN3O2. The SMILES string of the molecule is CNCC(=O)Nc1ccc(CCN2CCOCC2)cc1.Cl. The lowest BCUT2D eigenvalue weighted by molar-refractivity contribution is -0.115. The summed E-state index contributed by atoms with van der Waals surface area (Å²) < 4.78 is 5.34. The van der Waals surface area contributed by atoms with E-state index >= 15 is 0 Å². The van der Waals surface area contributed by atoms with Crippen LogP contribution in [0.15, 0.2) is 24.3 Å². The fourth-order valence-electron chi connectivity index (χ4n) is 2.23. The Morgan fingerprint density at radius 3 is 2.52 bits per heavy atom. The van der Waals surface area contributed by atoms with Crippen molar-refractivity contribution in [1.82, 2.24) is 10.2 Å². The molecule has 6 heteroatoms. The summed E-state index contributed by atoms with van der Waals surface area (Å²) in [6, 6.07) is 8.08. The van der Waals surface area contributed by atoms with Crippen LogP contribution in [0.4, 0.5) is 5.69 Å². The van der Waals surface area contributed by atoms with E-state index in [-0.39, 0.29) is 18.3 Å². The van der Waals surface area contributed by atoms with Gasteiger partial charge in [0.2, 0.25) is 5.91 Å². The maximum atomic E-state index is 11.4. The molecule has 1 amide bonds. The molecule has 0 unspecified atom stereocenters. The van der Waals surface area contributed by atoms with E-state index in [1.54, 1.807) is 7.05 Å². The lowest BCUT2D eigenvalue weighted by atomic mass is 10.1. The predicted molar refractivity (Wildman–Crippen MR) is 87.2 cm³/mol. The topological polar surface area (TPSA) is 53.6 Å². The van der Waals surface area contributed by atoms with Gasteiger partial charge in [-0.15, -0.1) is 12.4 Å². The number of hydrogen-bond acceptors (Lipinski definition) is 4. The van der Waals surface area contributed by atoms with Gasteiger partial charge in [-0.3, -0.25) is 9.69 Å². The van der Waals surface area contributed by atoms with Crippen LogP contribution < -0.4 is 10.6 Å². The molecule has 1 saturated heterocycles. The second-order valence-electron chi connectivity index (χ2n) is 4.98. The predicted octanol–water partition coefficient (Wildman–Crippen LogP) is 1.14. The van der Waals surface area contributed by atoms with Crippen LogP contribution in [0.3, 0.4) is 0 Å². The molecule has 2 N–H and O–H groups in total. The molecule has 0 atom stereocenters. The number of nitrogens with zero attached hydrogens (tertiary/aromatic N) is 1. The van der Waals surface area contributed by atoms with Crippen LogP contribution in [-0.4, -0.2) is 57.2 Å². The molecule has 21 heavy (non-hydrogen) atoms. The second kappa shape index (κ2) is 9.73. The summed E-state index contributed by atoms with van der Waals surface area (Å²) in [6.07, 6.45) is 1.03. The van der Waals surface area contributed by atoms with Crippen molar-refractivity contribution in [3.05, 3.63) is 29.8 Å². The van der Waals surface area contributed by atoms with Crippen LogP contribution in [0.5, 0.6) is 0 Å². The number of halogens is 1. The number of carbonyl (C=O) groups is 1. The lowest BCUT2D eigenvalue weighted by Crippen LogP contribution is -2.37. The van der Waals surface area contributed by atoms with Crippen molar-refractivity contribution in [3.63, 3.8) is 0 Å². The van der Waals surface area contributed by atoms with Gasteiger partial charge in [0.05, 0.1) is 19.8 Å². The van der Waals surface area contributed by atoms with Gasteiger partial charge in [-0.1, -0.05) is 12.1 Å². The van der Waals surface area contributed by atoms with Crippen LogP contribution in [0.1, 0.15) is 5.56 Å². The molecule has 2 rings (SSSR count). The fraction of sp³-hybridized carbons (Fsp3) is 0.533. The average Bonchev–Trinajstić information content (AvgIpc) is 2.48. The number of likely N-dealkylation sites (N-methyl/N-ethyl adjacent to an activating group) is 1. The maximum Gasteiger partial charge on any atom is 0.238 e. The summed E-state index contributed by atoms with van der Waals surface area (Å²) in [5, 5.41) is 5.68. The summed E-state index contributed by atoms with van der Waals surface area (Å²) in [4.78, 5) is 13.9. The normalized spacial score (nSPS) is 15.3. The fourth-order valence-corrected chi connectivity index (χ4v) is 2.23. The molecule has 0 aliphatic carbocycles. The number of rotatable bonds is 6.